The van der Waals surface area contributed by atoms with E-state index >= 15 is 0 Å². The number of rotatable bonds is 6. The monoisotopic (exact) mass is 297 g/mol. The largest absolute Gasteiger partial charge is 0.394 e. The van der Waals surface area contributed by atoms with Crippen molar-refractivity contribution in [1.82, 2.24) is 4.72 Å². The summed E-state index contributed by atoms with van der Waals surface area (Å²) >= 11 is 0. The lowest BCUT2D eigenvalue weighted by atomic mass is 9.78. The minimum absolute atomic E-state index is 0.141. The number of nitrogens with one attached hydrogen (secondary N) is 1. The minimum Gasteiger partial charge on any atom is -0.394 e. The van der Waals surface area contributed by atoms with E-state index in [1.165, 1.54) is 0 Å². The van der Waals surface area contributed by atoms with Gasteiger partial charge in [0.25, 0.3) is 0 Å². The normalized spacial score (nSPS) is 18.0. The third-order valence-corrected chi connectivity index (χ3v) is 5.44. The highest BCUT2D eigenvalue weighted by molar-refractivity contribution is 7.89. The molecular formula is C15H23NO3S. The summed E-state index contributed by atoms with van der Waals surface area (Å²) < 4.78 is 27.3. The molecule has 1 aliphatic rings. The summed E-state index contributed by atoms with van der Waals surface area (Å²) in [6.45, 7) is 4.12. The molecule has 0 atom stereocenters. The Morgan fingerprint density at radius 2 is 1.85 bits per heavy atom. The van der Waals surface area contributed by atoms with Crippen molar-refractivity contribution in [2.45, 2.75) is 50.0 Å². The Bertz CT molecular complexity index is 539. The van der Waals surface area contributed by atoms with Gasteiger partial charge in [0.1, 0.15) is 0 Å². The molecule has 2 rings (SSSR count). The van der Waals surface area contributed by atoms with Crippen LogP contribution in [0.15, 0.2) is 29.2 Å². The SMILES string of the molecule is CC(C)Cc1ccc(S(=O)(=O)NC2(CO)CCC2)cc1. The van der Waals surface area contributed by atoms with Crippen LogP contribution in [0.5, 0.6) is 0 Å². The van der Waals surface area contributed by atoms with E-state index in [2.05, 4.69) is 18.6 Å². The summed E-state index contributed by atoms with van der Waals surface area (Å²) in [6.07, 6.45) is 3.30. The molecular weight excluding hydrogens is 274 g/mol. The Morgan fingerprint density at radius 1 is 1.25 bits per heavy atom. The first-order chi connectivity index (χ1) is 9.37. The molecule has 1 saturated carbocycles. The van der Waals surface area contributed by atoms with Gasteiger partial charge in [0.05, 0.1) is 17.0 Å². The minimum atomic E-state index is -3.55. The van der Waals surface area contributed by atoms with Crippen LogP contribution >= 0.6 is 0 Å². The smallest absolute Gasteiger partial charge is 0.241 e. The van der Waals surface area contributed by atoms with Crippen LogP contribution in [0, 0.1) is 5.92 Å². The second kappa shape index (κ2) is 5.84. The molecule has 0 radical (unpaired) electrons. The molecule has 0 bridgehead atoms. The van der Waals surface area contributed by atoms with E-state index in [4.69, 9.17) is 0 Å². The Balaban J connectivity index is 2.13. The lowest BCUT2D eigenvalue weighted by molar-refractivity contribution is 0.110. The highest BCUT2D eigenvalue weighted by Gasteiger charge is 2.40. The summed E-state index contributed by atoms with van der Waals surface area (Å²) in [5.74, 6) is 0.545. The Morgan fingerprint density at radius 3 is 2.25 bits per heavy atom. The van der Waals surface area contributed by atoms with E-state index in [1.807, 2.05) is 12.1 Å². The molecule has 1 aliphatic carbocycles. The zero-order valence-corrected chi connectivity index (χ0v) is 12.9. The first-order valence-electron chi connectivity index (χ1n) is 7.11. The number of benzene rings is 1. The maximum atomic E-state index is 12.3. The van der Waals surface area contributed by atoms with E-state index in [-0.39, 0.29) is 11.5 Å². The number of hydrogen-bond donors (Lipinski definition) is 2. The van der Waals surface area contributed by atoms with Crippen molar-refractivity contribution in [2.24, 2.45) is 5.92 Å². The van der Waals surface area contributed by atoms with Gasteiger partial charge in [0.2, 0.25) is 10.0 Å². The van der Waals surface area contributed by atoms with Crippen molar-refractivity contribution < 1.29 is 13.5 Å². The molecule has 1 fully saturated rings. The molecule has 0 aromatic heterocycles. The van der Waals surface area contributed by atoms with Crippen molar-refractivity contribution >= 4 is 10.0 Å². The highest BCUT2D eigenvalue weighted by atomic mass is 32.2. The van der Waals surface area contributed by atoms with Crippen LogP contribution in [0.4, 0.5) is 0 Å². The van der Waals surface area contributed by atoms with Gasteiger partial charge in [-0.1, -0.05) is 26.0 Å². The van der Waals surface area contributed by atoms with Gasteiger partial charge in [-0.2, -0.15) is 0 Å². The highest BCUT2D eigenvalue weighted by Crippen LogP contribution is 2.32. The lowest BCUT2D eigenvalue weighted by Gasteiger charge is -2.40. The molecule has 0 amide bonds. The molecule has 0 unspecified atom stereocenters. The quantitative estimate of drug-likeness (QED) is 0.845. The molecule has 0 aliphatic heterocycles. The van der Waals surface area contributed by atoms with Gasteiger partial charge < -0.3 is 5.11 Å². The first-order valence-corrected chi connectivity index (χ1v) is 8.59. The number of sulfonamides is 1. The second-order valence-electron chi connectivity index (χ2n) is 6.14. The molecule has 20 heavy (non-hydrogen) atoms. The third kappa shape index (κ3) is 3.40. The van der Waals surface area contributed by atoms with Crippen LogP contribution in [0.3, 0.4) is 0 Å². The van der Waals surface area contributed by atoms with E-state index in [0.29, 0.717) is 18.8 Å². The van der Waals surface area contributed by atoms with Crippen molar-refractivity contribution in [3.8, 4) is 0 Å². The predicted molar refractivity (Wildman–Crippen MR) is 79.0 cm³/mol. The van der Waals surface area contributed by atoms with Gasteiger partial charge in [-0.15, -0.1) is 0 Å². The fourth-order valence-corrected chi connectivity index (χ4v) is 3.97. The van der Waals surface area contributed by atoms with Crippen molar-refractivity contribution in [1.29, 1.82) is 0 Å². The van der Waals surface area contributed by atoms with Crippen molar-refractivity contribution in [3.05, 3.63) is 29.8 Å². The molecule has 0 saturated heterocycles. The standard InChI is InChI=1S/C15H23NO3S/c1-12(2)10-13-4-6-14(7-5-13)20(18,19)16-15(11-17)8-3-9-15/h4-7,12,16-17H,3,8-11H2,1-2H3. The summed E-state index contributed by atoms with van der Waals surface area (Å²) in [5, 5.41) is 9.36. The molecule has 1 aromatic rings. The van der Waals surface area contributed by atoms with Crippen molar-refractivity contribution in [2.75, 3.05) is 6.61 Å². The topological polar surface area (TPSA) is 66.4 Å². The van der Waals surface area contributed by atoms with Crippen LogP contribution in [-0.4, -0.2) is 25.7 Å². The zero-order valence-electron chi connectivity index (χ0n) is 12.1. The summed E-state index contributed by atoms with van der Waals surface area (Å²) in [6, 6.07) is 7.01. The van der Waals surface area contributed by atoms with Crippen LogP contribution in [-0.2, 0) is 16.4 Å². The molecule has 4 nitrogen and oxygen atoms in total. The Hall–Kier alpha value is -0.910. The van der Waals surface area contributed by atoms with Crippen LogP contribution in [0.1, 0.15) is 38.7 Å². The van der Waals surface area contributed by atoms with Gasteiger partial charge >= 0.3 is 0 Å². The second-order valence-corrected chi connectivity index (χ2v) is 7.82. The Kier molecular flexibility index (Phi) is 4.52. The van der Waals surface area contributed by atoms with Gasteiger partial charge in [-0.3, -0.25) is 0 Å². The molecule has 2 N–H and O–H groups in total. The van der Waals surface area contributed by atoms with Gasteiger partial charge in [0, 0.05) is 0 Å². The van der Waals surface area contributed by atoms with Crippen LogP contribution < -0.4 is 4.72 Å². The lowest BCUT2D eigenvalue weighted by Crippen LogP contribution is -2.55. The number of aliphatic hydroxyl groups excluding tert-OH is 1. The fourth-order valence-electron chi connectivity index (χ4n) is 2.52. The summed E-state index contributed by atoms with van der Waals surface area (Å²) in [4.78, 5) is 0.268. The summed E-state index contributed by atoms with van der Waals surface area (Å²) in [5.41, 5.74) is 0.495. The molecule has 1 aromatic carbocycles. The summed E-state index contributed by atoms with van der Waals surface area (Å²) in [7, 11) is -3.55. The number of hydrogen-bond acceptors (Lipinski definition) is 3. The predicted octanol–water partition coefficient (Wildman–Crippen LogP) is 2.08. The van der Waals surface area contributed by atoms with E-state index < -0.39 is 15.6 Å². The molecule has 5 heteroatoms. The van der Waals surface area contributed by atoms with Gasteiger partial charge in [-0.25, -0.2) is 13.1 Å². The average Bonchev–Trinajstić information content (AvgIpc) is 2.34. The van der Waals surface area contributed by atoms with Gasteiger partial charge in [0.15, 0.2) is 0 Å². The molecule has 0 heterocycles. The van der Waals surface area contributed by atoms with E-state index in [9.17, 15) is 13.5 Å². The maximum Gasteiger partial charge on any atom is 0.241 e. The number of aliphatic hydroxyl groups is 1. The zero-order chi connectivity index (χ0) is 14.8. The van der Waals surface area contributed by atoms with Crippen molar-refractivity contribution in [3.63, 3.8) is 0 Å². The molecule has 0 spiro atoms. The van der Waals surface area contributed by atoms with Crippen LogP contribution in [0.25, 0.3) is 0 Å². The average molecular weight is 297 g/mol. The maximum absolute atomic E-state index is 12.3. The first kappa shape index (κ1) is 15.5. The van der Waals surface area contributed by atoms with Gasteiger partial charge in [-0.05, 0) is 49.3 Å². The molecule has 112 valence electrons. The Labute approximate surface area is 121 Å². The van der Waals surface area contributed by atoms with E-state index in [1.54, 1.807) is 12.1 Å². The van der Waals surface area contributed by atoms with E-state index in [0.717, 1.165) is 18.4 Å². The third-order valence-electron chi connectivity index (χ3n) is 3.84. The fraction of sp³-hybridized carbons (Fsp3) is 0.600. The van der Waals surface area contributed by atoms with Crippen LogP contribution in [0.2, 0.25) is 0 Å².